The lowest BCUT2D eigenvalue weighted by molar-refractivity contribution is -0.119. The van der Waals surface area contributed by atoms with Crippen LogP contribution in [-0.2, 0) is 15.6 Å². The van der Waals surface area contributed by atoms with Gasteiger partial charge < -0.3 is 0 Å². The quantitative estimate of drug-likeness (QED) is 0.854. The van der Waals surface area contributed by atoms with Crippen LogP contribution in [0.1, 0.15) is 13.8 Å². The second-order valence-electron chi connectivity index (χ2n) is 3.56. The number of carbonyl (C=O) groups excluding carboxylic acids is 1. The first-order valence-corrected chi connectivity index (χ1v) is 6.78. The van der Waals surface area contributed by atoms with E-state index in [1.807, 2.05) is 26.0 Å². The van der Waals surface area contributed by atoms with Crippen molar-refractivity contribution in [3.63, 3.8) is 0 Å². The lowest BCUT2D eigenvalue weighted by Gasteiger charge is -2.04. The van der Waals surface area contributed by atoms with E-state index in [-0.39, 0.29) is 17.5 Å². The smallest absolute Gasteiger partial charge is 0.148 e. The fourth-order valence-corrected chi connectivity index (χ4v) is 2.43. The van der Waals surface area contributed by atoms with E-state index in [4.69, 9.17) is 0 Å². The molecule has 15 heavy (non-hydrogen) atoms. The number of benzene rings is 1. The van der Waals surface area contributed by atoms with Crippen LogP contribution in [0.4, 0.5) is 0 Å². The van der Waals surface area contributed by atoms with Gasteiger partial charge in [0.05, 0.1) is 16.6 Å². The van der Waals surface area contributed by atoms with Gasteiger partial charge in [-0.1, -0.05) is 29.8 Å². The topological polar surface area (TPSA) is 34.1 Å². The Hall–Kier alpha value is -0.480. The third-order valence-electron chi connectivity index (χ3n) is 1.99. The third kappa shape index (κ3) is 3.87. The highest BCUT2D eigenvalue weighted by atomic mass is 79.9. The van der Waals surface area contributed by atoms with Crippen LogP contribution in [0.3, 0.4) is 0 Å². The van der Waals surface area contributed by atoms with Crippen molar-refractivity contribution in [1.82, 2.24) is 0 Å². The van der Waals surface area contributed by atoms with Crippen molar-refractivity contribution in [3.8, 4) is 0 Å². The summed E-state index contributed by atoms with van der Waals surface area (Å²) in [7, 11) is -1.21. The Morgan fingerprint density at radius 1 is 1.33 bits per heavy atom. The second-order valence-corrected chi connectivity index (χ2v) is 5.93. The molecule has 0 N–H and O–H groups in total. The van der Waals surface area contributed by atoms with Gasteiger partial charge in [0.2, 0.25) is 0 Å². The van der Waals surface area contributed by atoms with Crippen molar-refractivity contribution in [2.75, 3.05) is 5.75 Å². The molecule has 0 saturated heterocycles. The van der Waals surface area contributed by atoms with E-state index in [1.54, 1.807) is 12.1 Å². The maximum absolute atomic E-state index is 11.7. The largest absolute Gasteiger partial charge is 0.298 e. The van der Waals surface area contributed by atoms with Crippen LogP contribution >= 0.6 is 15.9 Å². The second kappa shape index (κ2) is 5.56. The van der Waals surface area contributed by atoms with E-state index < -0.39 is 10.8 Å². The number of rotatable bonds is 4. The predicted molar refractivity (Wildman–Crippen MR) is 65.3 cm³/mol. The van der Waals surface area contributed by atoms with E-state index >= 15 is 0 Å². The summed E-state index contributed by atoms with van der Waals surface area (Å²) in [4.78, 5) is 12.1. The maximum Gasteiger partial charge on any atom is 0.148 e. The van der Waals surface area contributed by atoms with Gasteiger partial charge in [-0.2, -0.15) is 0 Å². The summed E-state index contributed by atoms with van der Waals surface area (Å²) in [6.45, 7) is 3.64. The molecule has 82 valence electrons. The molecule has 0 amide bonds. The summed E-state index contributed by atoms with van der Waals surface area (Å²) in [5, 5.41) is 0. The zero-order valence-corrected chi connectivity index (χ0v) is 11.1. The summed E-state index contributed by atoms with van der Waals surface area (Å²) in [6.07, 6.45) is 0. The minimum atomic E-state index is -1.21. The summed E-state index contributed by atoms with van der Waals surface area (Å²) in [5.74, 6) is 0.0971. The molecule has 1 atom stereocenters. The van der Waals surface area contributed by atoms with E-state index in [0.717, 1.165) is 4.47 Å². The van der Waals surface area contributed by atoms with Crippen LogP contribution in [0.2, 0.25) is 0 Å². The molecule has 0 aromatic heterocycles. The van der Waals surface area contributed by atoms with Crippen LogP contribution in [0.15, 0.2) is 33.6 Å². The van der Waals surface area contributed by atoms with Crippen molar-refractivity contribution in [3.05, 3.63) is 28.7 Å². The summed E-state index contributed by atoms with van der Waals surface area (Å²) in [5.41, 5.74) is 0. The molecule has 0 radical (unpaired) electrons. The van der Waals surface area contributed by atoms with Crippen molar-refractivity contribution in [2.24, 2.45) is 5.92 Å². The van der Waals surface area contributed by atoms with E-state index in [2.05, 4.69) is 15.9 Å². The Labute approximate surface area is 101 Å². The zero-order valence-electron chi connectivity index (χ0n) is 8.70. The van der Waals surface area contributed by atoms with E-state index in [0.29, 0.717) is 4.90 Å². The molecule has 0 spiro atoms. The number of carbonyl (C=O) groups is 1. The Kier molecular flexibility index (Phi) is 4.67. The molecule has 0 aliphatic rings. The van der Waals surface area contributed by atoms with Gasteiger partial charge in [-0.25, -0.2) is 0 Å². The van der Waals surface area contributed by atoms with E-state index in [9.17, 15) is 9.00 Å². The molecule has 0 bridgehead atoms. The highest BCUT2D eigenvalue weighted by Crippen LogP contribution is 2.14. The van der Waals surface area contributed by atoms with Crippen LogP contribution in [0, 0.1) is 5.92 Å². The number of halogens is 1. The Morgan fingerprint density at radius 3 is 2.33 bits per heavy atom. The average Bonchev–Trinajstić information content (AvgIpc) is 2.18. The molecule has 1 unspecified atom stereocenters. The van der Waals surface area contributed by atoms with Gasteiger partial charge in [-0.15, -0.1) is 0 Å². The first kappa shape index (κ1) is 12.6. The number of hydrogen-bond donors (Lipinski definition) is 0. The van der Waals surface area contributed by atoms with Crippen LogP contribution < -0.4 is 0 Å². The number of Topliss-reactive ketones (excluding diaryl/α,β-unsaturated/α-hetero) is 1. The standard InChI is InChI=1S/C11H13BrO2S/c1-8(2)11(13)7-15(14)10-5-3-9(12)4-6-10/h3-6,8H,7H2,1-2H3. The fourth-order valence-electron chi connectivity index (χ4n) is 0.966. The summed E-state index contributed by atoms with van der Waals surface area (Å²) >= 11 is 3.30. The van der Waals surface area contributed by atoms with Crippen LogP contribution in [-0.4, -0.2) is 15.7 Å². The number of ketones is 1. The first-order valence-electron chi connectivity index (χ1n) is 4.67. The fraction of sp³-hybridized carbons (Fsp3) is 0.364. The molecular formula is C11H13BrO2S. The van der Waals surface area contributed by atoms with Crippen molar-refractivity contribution < 1.29 is 9.00 Å². The Morgan fingerprint density at radius 2 is 1.87 bits per heavy atom. The lowest BCUT2D eigenvalue weighted by atomic mass is 10.1. The van der Waals surface area contributed by atoms with Crippen molar-refractivity contribution >= 4 is 32.5 Å². The normalized spacial score (nSPS) is 12.8. The lowest BCUT2D eigenvalue weighted by Crippen LogP contribution is -2.16. The minimum Gasteiger partial charge on any atom is -0.298 e. The zero-order chi connectivity index (χ0) is 11.4. The summed E-state index contributed by atoms with van der Waals surface area (Å²) in [6, 6.07) is 7.20. The Bertz CT molecular complexity index is 371. The van der Waals surface area contributed by atoms with Gasteiger partial charge in [0.25, 0.3) is 0 Å². The molecule has 2 nitrogen and oxygen atoms in total. The third-order valence-corrected chi connectivity index (χ3v) is 3.87. The molecule has 0 saturated carbocycles. The summed E-state index contributed by atoms with van der Waals surface area (Å²) < 4.78 is 12.7. The van der Waals surface area contributed by atoms with Gasteiger partial charge in [0, 0.05) is 15.3 Å². The first-order chi connectivity index (χ1) is 7.00. The monoisotopic (exact) mass is 288 g/mol. The average molecular weight is 289 g/mol. The Balaban J connectivity index is 2.69. The van der Waals surface area contributed by atoms with Crippen LogP contribution in [0.5, 0.6) is 0 Å². The molecule has 0 heterocycles. The minimum absolute atomic E-state index is 0.0382. The molecule has 0 aliphatic carbocycles. The predicted octanol–water partition coefficient (Wildman–Crippen LogP) is 2.78. The highest BCUT2D eigenvalue weighted by molar-refractivity contribution is 9.10. The molecule has 1 aromatic carbocycles. The molecule has 1 aromatic rings. The number of hydrogen-bond acceptors (Lipinski definition) is 2. The van der Waals surface area contributed by atoms with Crippen molar-refractivity contribution in [2.45, 2.75) is 18.7 Å². The molecule has 1 rings (SSSR count). The molecule has 0 aliphatic heterocycles. The van der Waals surface area contributed by atoms with Gasteiger partial charge >= 0.3 is 0 Å². The van der Waals surface area contributed by atoms with E-state index in [1.165, 1.54) is 0 Å². The van der Waals surface area contributed by atoms with Gasteiger partial charge in [0.15, 0.2) is 0 Å². The van der Waals surface area contributed by atoms with Gasteiger partial charge in [0.1, 0.15) is 5.78 Å². The molecule has 4 heteroatoms. The highest BCUT2D eigenvalue weighted by Gasteiger charge is 2.12. The molecular weight excluding hydrogens is 276 g/mol. The van der Waals surface area contributed by atoms with Gasteiger partial charge in [-0.05, 0) is 24.3 Å². The SMILES string of the molecule is CC(C)C(=O)CS(=O)c1ccc(Br)cc1. The van der Waals surface area contributed by atoms with Crippen molar-refractivity contribution in [1.29, 1.82) is 0 Å². The van der Waals surface area contributed by atoms with Gasteiger partial charge in [-0.3, -0.25) is 9.00 Å². The molecule has 0 fully saturated rings. The maximum atomic E-state index is 11.7. The van der Waals surface area contributed by atoms with Crippen LogP contribution in [0.25, 0.3) is 0 Å².